The summed E-state index contributed by atoms with van der Waals surface area (Å²) < 4.78 is 39.0. The lowest BCUT2D eigenvalue weighted by atomic mass is 10.1. The third-order valence-corrected chi connectivity index (χ3v) is 4.84. The zero-order valence-corrected chi connectivity index (χ0v) is 18.7. The summed E-state index contributed by atoms with van der Waals surface area (Å²) in [6, 6.07) is 16.8. The molecule has 0 spiro atoms. The van der Waals surface area contributed by atoms with Crippen molar-refractivity contribution < 1.29 is 18.3 Å². The van der Waals surface area contributed by atoms with Gasteiger partial charge in [-0.25, -0.2) is 8.78 Å². The Bertz CT molecular complexity index is 986. The monoisotopic (exact) mass is 467 g/mol. The Kier molecular flexibility index (Phi) is 10.0. The van der Waals surface area contributed by atoms with Crippen molar-refractivity contribution >= 4 is 24.0 Å². The molecule has 0 amide bonds. The van der Waals surface area contributed by atoms with Crippen molar-refractivity contribution in [2.24, 2.45) is 0 Å². The van der Waals surface area contributed by atoms with Gasteiger partial charge in [-0.15, -0.1) is 12.4 Å². The fourth-order valence-corrected chi connectivity index (χ4v) is 3.34. The second-order valence-electron chi connectivity index (χ2n) is 6.74. The normalized spacial score (nSPS) is 10.5. The van der Waals surface area contributed by atoms with Gasteiger partial charge in [0.15, 0.2) is 11.5 Å². The molecule has 3 rings (SSSR count). The highest BCUT2D eigenvalue weighted by atomic mass is 35.5. The number of benzene rings is 3. The fourth-order valence-electron chi connectivity index (χ4n) is 3.05. The molecular weight excluding hydrogens is 443 g/mol. The van der Waals surface area contributed by atoms with Crippen LogP contribution < -0.4 is 14.8 Å². The van der Waals surface area contributed by atoms with Crippen molar-refractivity contribution in [2.75, 3.05) is 13.2 Å². The molecular formula is C24H25Cl2F2NO2. The minimum Gasteiger partial charge on any atom is -0.490 e. The Balaban J connectivity index is 0.00000341. The smallest absolute Gasteiger partial charge is 0.180 e. The van der Waals surface area contributed by atoms with E-state index in [1.807, 2.05) is 19.1 Å². The minimum absolute atomic E-state index is 0. The first-order valence-corrected chi connectivity index (χ1v) is 10.2. The van der Waals surface area contributed by atoms with Gasteiger partial charge in [0.1, 0.15) is 18.2 Å². The Morgan fingerprint density at radius 3 is 2.19 bits per heavy atom. The Morgan fingerprint density at radius 1 is 0.903 bits per heavy atom. The van der Waals surface area contributed by atoms with Crippen molar-refractivity contribution in [1.29, 1.82) is 0 Å². The maximum Gasteiger partial charge on any atom is 0.180 e. The van der Waals surface area contributed by atoms with Crippen molar-refractivity contribution in [3.05, 3.63) is 94.0 Å². The highest BCUT2D eigenvalue weighted by molar-refractivity contribution is 6.32. The van der Waals surface area contributed by atoms with Gasteiger partial charge in [0, 0.05) is 12.1 Å². The van der Waals surface area contributed by atoms with Crippen LogP contribution in [0.25, 0.3) is 0 Å². The molecule has 0 radical (unpaired) electrons. The van der Waals surface area contributed by atoms with Gasteiger partial charge in [0.05, 0.1) is 11.6 Å². The third-order valence-electron chi connectivity index (χ3n) is 4.56. The lowest BCUT2D eigenvalue weighted by Gasteiger charge is -2.16. The summed E-state index contributed by atoms with van der Waals surface area (Å²) >= 11 is 6.43. The molecule has 0 aromatic heterocycles. The molecule has 0 heterocycles. The molecule has 0 bridgehead atoms. The largest absolute Gasteiger partial charge is 0.490 e. The summed E-state index contributed by atoms with van der Waals surface area (Å²) in [6.07, 6.45) is 0.586. The van der Waals surface area contributed by atoms with E-state index in [9.17, 15) is 8.78 Å². The minimum atomic E-state index is -0.331. The number of nitrogens with one attached hydrogen (secondary N) is 1. The Morgan fingerprint density at radius 2 is 1.55 bits per heavy atom. The van der Waals surface area contributed by atoms with E-state index in [4.69, 9.17) is 21.1 Å². The second-order valence-corrected chi connectivity index (χ2v) is 7.14. The maximum absolute atomic E-state index is 13.9. The highest BCUT2D eigenvalue weighted by Gasteiger charge is 2.14. The highest BCUT2D eigenvalue weighted by Crippen LogP contribution is 2.37. The fraction of sp³-hybridized carbons (Fsp3) is 0.250. The summed E-state index contributed by atoms with van der Waals surface area (Å²) in [5.41, 5.74) is 2.03. The summed E-state index contributed by atoms with van der Waals surface area (Å²) in [5.74, 6) is 0.365. The lowest BCUT2D eigenvalue weighted by molar-refractivity contribution is 0.266. The number of ether oxygens (including phenoxy) is 2. The summed E-state index contributed by atoms with van der Waals surface area (Å²) in [5, 5.41) is 3.68. The van der Waals surface area contributed by atoms with Crippen LogP contribution in [0.1, 0.15) is 23.6 Å². The molecule has 0 aliphatic carbocycles. The van der Waals surface area contributed by atoms with E-state index in [-0.39, 0.29) is 30.6 Å². The molecule has 0 aliphatic rings. The van der Waals surface area contributed by atoms with Crippen LogP contribution in [-0.4, -0.2) is 13.2 Å². The van der Waals surface area contributed by atoms with Crippen molar-refractivity contribution in [3.8, 4) is 11.5 Å². The van der Waals surface area contributed by atoms with Gasteiger partial charge in [-0.1, -0.05) is 48.0 Å². The first-order valence-electron chi connectivity index (χ1n) is 9.84. The molecule has 3 aromatic carbocycles. The van der Waals surface area contributed by atoms with Gasteiger partial charge in [0.25, 0.3) is 0 Å². The van der Waals surface area contributed by atoms with Crippen molar-refractivity contribution in [3.63, 3.8) is 0 Å². The number of hydrogen-bond acceptors (Lipinski definition) is 3. The predicted octanol–water partition coefficient (Wildman–Crippen LogP) is 6.35. The van der Waals surface area contributed by atoms with Crippen molar-refractivity contribution in [1.82, 2.24) is 5.32 Å². The lowest BCUT2D eigenvalue weighted by Crippen LogP contribution is -2.17. The zero-order valence-electron chi connectivity index (χ0n) is 17.2. The first kappa shape index (κ1) is 24.9. The standard InChI is InChI=1S/C24H24ClF2NO2.ClH/c1-2-29-23-14-17(15-28-12-11-18-7-3-5-9-21(18)26)13-20(25)24(23)30-16-19-8-4-6-10-22(19)27;/h3-10,13-14,28H,2,11-12,15-16H2,1H3;1H. The number of hydrogen-bond donors (Lipinski definition) is 1. The average Bonchev–Trinajstić information content (AvgIpc) is 2.73. The molecule has 1 N–H and O–H groups in total. The second kappa shape index (κ2) is 12.5. The quantitative estimate of drug-likeness (QED) is 0.352. The molecule has 0 aliphatic heterocycles. The number of halogens is 4. The van der Waals surface area contributed by atoms with Crippen LogP contribution in [0.2, 0.25) is 5.02 Å². The average molecular weight is 468 g/mol. The van der Waals surface area contributed by atoms with E-state index in [1.54, 1.807) is 36.4 Å². The van der Waals surface area contributed by atoms with E-state index in [2.05, 4.69) is 5.32 Å². The van der Waals surface area contributed by atoms with Gasteiger partial charge in [0.2, 0.25) is 0 Å². The Labute approximate surface area is 192 Å². The molecule has 0 unspecified atom stereocenters. The van der Waals surface area contributed by atoms with Gasteiger partial charge in [-0.05, 0) is 55.3 Å². The van der Waals surface area contributed by atoms with Crippen LogP contribution in [0, 0.1) is 11.6 Å². The van der Waals surface area contributed by atoms with Crippen LogP contribution in [0.5, 0.6) is 11.5 Å². The topological polar surface area (TPSA) is 30.5 Å². The molecule has 0 atom stereocenters. The predicted molar refractivity (Wildman–Crippen MR) is 122 cm³/mol. The van der Waals surface area contributed by atoms with Crippen LogP contribution in [-0.2, 0) is 19.6 Å². The SMILES string of the molecule is CCOc1cc(CNCCc2ccccc2F)cc(Cl)c1OCc1ccccc1F.Cl. The molecule has 0 fully saturated rings. The van der Waals surface area contributed by atoms with E-state index in [0.717, 1.165) is 5.56 Å². The molecule has 3 nitrogen and oxygen atoms in total. The molecule has 0 saturated heterocycles. The molecule has 7 heteroatoms. The van der Waals surface area contributed by atoms with Gasteiger partial charge >= 0.3 is 0 Å². The molecule has 3 aromatic rings. The molecule has 31 heavy (non-hydrogen) atoms. The molecule has 166 valence electrons. The molecule has 0 saturated carbocycles. The van der Waals surface area contributed by atoms with Gasteiger partial charge in [-0.2, -0.15) is 0 Å². The van der Waals surface area contributed by atoms with E-state index in [1.165, 1.54) is 12.1 Å². The number of rotatable bonds is 10. The van der Waals surface area contributed by atoms with Crippen LogP contribution >= 0.6 is 24.0 Å². The first-order chi connectivity index (χ1) is 14.6. The van der Waals surface area contributed by atoms with Gasteiger partial charge < -0.3 is 14.8 Å². The van der Waals surface area contributed by atoms with Crippen LogP contribution in [0.3, 0.4) is 0 Å². The van der Waals surface area contributed by atoms with Crippen LogP contribution in [0.15, 0.2) is 60.7 Å². The maximum atomic E-state index is 13.9. The summed E-state index contributed by atoms with van der Waals surface area (Å²) in [4.78, 5) is 0. The summed E-state index contributed by atoms with van der Waals surface area (Å²) in [7, 11) is 0. The summed E-state index contributed by atoms with van der Waals surface area (Å²) in [6.45, 7) is 3.52. The zero-order chi connectivity index (χ0) is 21.3. The van der Waals surface area contributed by atoms with E-state index in [0.29, 0.717) is 53.8 Å². The van der Waals surface area contributed by atoms with Gasteiger partial charge in [-0.3, -0.25) is 0 Å². The Hall–Kier alpha value is -2.34. The third kappa shape index (κ3) is 7.10. The van der Waals surface area contributed by atoms with E-state index >= 15 is 0 Å². The van der Waals surface area contributed by atoms with Crippen molar-refractivity contribution in [2.45, 2.75) is 26.5 Å². The van der Waals surface area contributed by atoms with E-state index < -0.39 is 0 Å². The van der Waals surface area contributed by atoms with Crippen LogP contribution in [0.4, 0.5) is 8.78 Å².